The van der Waals surface area contributed by atoms with Crippen LogP contribution in [0.3, 0.4) is 0 Å². The fourth-order valence-electron chi connectivity index (χ4n) is 1.17. The van der Waals surface area contributed by atoms with Gasteiger partial charge >= 0.3 is 0 Å². The standard InChI is InChI=1S/C10H14N2O/c1-7-4-5-10(13-3)9(6-7)8(2)12-11/h4-6H,11H2,1-3H3/b12-8+. The number of hydrogen-bond acceptors (Lipinski definition) is 3. The molecule has 1 aromatic carbocycles. The predicted molar refractivity (Wildman–Crippen MR) is 54.1 cm³/mol. The highest BCUT2D eigenvalue weighted by Crippen LogP contribution is 2.19. The molecule has 0 saturated carbocycles. The van der Waals surface area contributed by atoms with E-state index in [1.807, 2.05) is 32.0 Å². The van der Waals surface area contributed by atoms with Crippen molar-refractivity contribution in [3.8, 4) is 5.75 Å². The lowest BCUT2D eigenvalue weighted by molar-refractivity contribution is 0.414. The monoisotopic (exact) mass is 178 g/mol. The van der Waals surface area contributed by atoms with Crippen molar-refractivity contribution >= 4 is 5.71 Å². The van der Waals surface area contributed by atoms with E-state index in [1.54, 1.807) is 7.11 Å². The Morgan fingerprint density at radius 3 is 2.69 bits per heavy atom. The molecule has 70 valence electrons. The molecule has 3 nitrogen and oxygen atoms in total. The average molecular weight is 178 g/mol. The lowest BCUT2D eigenvalue weighted by Crippen LogP contribution is -2.02. The van der Waals surface area contributed by atoms with Gasteiger partial charge in [0.05, 0.1) is 12.8 Å². The van der Waals surface area contributed by atoms with Crippen LogP contribution in [0.25, 0.3) is 0 Å². The van der Waals surface area contributed by atoms with Crippen LogP contribution in [0, 0.1) is 6.92 Å². The van der Waals surface area contributed by atoms with Gasteiger partial charge in [0, 0.05) is 5.56 Å². The van der Waals surface area contributed by atoms with Crippen molar-refractivity contribution in [2.24, 2.45) is 10.9 Å². The maximum atomic E-state index is 5.21. The van der Waals surface area contributed by atoms with Crippen LogP contribution in [-0.2, 0) is 0 Å². The summed E-state index contributed by atoms with van der Waals surface area (Å²) in [4.78, 5) is 0. The molecule has 0 fully saturated rings. The molecule has 1 aromatic rings. The van der Waals surface area contributed by atoms with Gasteiger partial charge < -0.3 is 10.6 Å². The molecule has 0 radical (unpaired) electrons. The van der Waals surface area contributed by atoms with Crippen LogP contribution in [0.15, 0.2) is 23.3 Å². The van der Waals surface area contributed by atoms with Gasteiger partial charge in [-0.05, 0) is 26.0 Å². The smallest absolute Gasteiger partial charge is 0.127 e. The summed E-state index contributed by atoms with van der Waals surface area (Å²) in [5.41, 5.74) is 2.89. The summed E-state index contributed by atoms with van der Waals surface area (Å²) in [7, 11) is 1.64. The first-order valence-corrected chi connectivity index (χ1v) is 4.08. The number of aryl methyl sites for hydroxylation is 1. The molecule has 0 aliphatic rings. The largest absolute Gasteiger partial charge is 0.496 e. The molecule has 0 atom stereocenters. The van der Waals surface area contributed by atoms with E-state index in [1.165, 1.54) is 5.56 Å². The second-order valence-electron chi connectivity index (χ2n) is 2.92. The summed E-state index contributed by atoms with van der Waals surface area (Å²) in [6, 6.07) is 5.91. The quantitative estimate of drug-likeness (QED) is 0.425. The number of methoxy groups -OCH3 is 1. The highest BCUT2D eigenvalue weighted by molar-refractivity contribution is 6.01. The molecule has 0 aromatic heterocycles. The van der Waals surface area contributed by atoms with E-state index in [2.05, 4.69) is 5.10 Å². The first kappa shape index (κ1) is 9.58. The predicted octanol–water partition coefficient (Wildman–Crippen LogP) is 1.69. The Hall–Kier alpha value is -1.51. The minimum absolute atomic E-state index is 0.778. The molecule has 1 rings (SSSR count). The topological polar surface area (TPSA) is 47.6 Å². The Kier molecular flexibility index (Phi) is 2.90. The number of ether oxygens (including phenoxy) is 1. The molecule has 2 N–H and O–H groups in total. The number of nitrogens with zero attached hydrogens (tertiary/aromatic N) is 1. The third kappa shape index (κ3) is 1.99. The van der Waals surface area contributed by atoms with Gasteiger partial charge in [-0.3, -0.25) is 0 Å². The molecule has 3 heteroatoms. The fourth-order valence-corrected chi connectivity index (χ4v) is 1.17. The zero-order valence-corrected chi connectivity index (χ0v) is 8.16. The van der Waals surface area contributed by atoms with Gasteiger partial charge in [0.2, 0.25) is 0 Å². The number of hydrogen-bond donors (Lipinski definition) is 1. The van der Waals surface area contributed by atoms with Gasteiger partial charge in [-0.15, -0.1) is 0 Å². The van der Waals surface area contributed by atoms with Crippen molar-refractivity contribution in [3.63, 3.8) is 0 Å². The summed E-state index contributed by atoms with van der Waals surface area (Å²) in [5.74, 6) is 6.01. The van der Waals surface area contributed by atoms with Crippen molar-refractivity contribution in [1.29, 1.82) is 0 Å². The van der Waals surface area contributed by atoms with Crippen molar-refractivity contribution < 1.29 is 4.74 Å². The summed E-state index contributed by atoms with van der Waals surface area (Å²) in [6.07, 6.45) is 0. The van der Waals surface area contributed by atoms with Gasteiger partial charge in [-0.1, -0.05) is 11.6 Å². The van der Waals surface area contributed by atoms with E-state index < -0.39 is 0 Å². The molecular formula is C10H14N2O. The van der Waals surface area contributed by atoms with E-state index in [0.717, 1.165) is 17.0 Å². The van der Waals surface area contributed by atoms with E-state index in [0.29, 0.717) is 0 Å². The Morgan fingerprint density at radius 1 is 1.46 bits per heavy atom. The highest BCUT2D eigenvalue weighted by Gasteiger charge is 2.05. The fraction of sp³-hybridized carbons (Fsp3) is 0.300. The van der Waals surface area contributed by atoms with Crippen molar-refractivity contribution in [2.45, 2.75) is 13.8 Å². The molecule has 13 heavy (non-hydrogen) atoms. The van der Waals surface area contributed by atoms with Crippen LogP contribution in [0.4, 0.5) is 0 Å². The van der Waals surface area contributed by atoms with Crippen molar-refractivity contribution in [3.05, 3.63) is 29.3 Å². The van der Waals surface area contributed by atoms with Crippen LogP contribution in [0.2, 0.25) is 0 Å². The number of benzene rings is 1. The third-order valence-electron chi connectivity index (χ3n) is 1.94. The van der Waals surface area contributed by atoms with Crippen LogP contribution in [-0.4, -0.2) is 12.8 Å². The summed E-state index contributed by atoms with van der Waals surface area (Å²) in [5, 5.41) is 3.65. The maximum Gasteiger partial charge on any atom is 0.127 e. The minimum atomic E-state index is 0.778. The number of hydrazone groups is 1. The molecule has 0 spiro atoms. The maximum absolute atomic E-state index is 5.21. The van der Waals surface area contributed by atoms with Gasteiger partial charge in [-0.2, -0.15) is 5.10 Å². The Morgan fingerprint density at radius 2 is 2.15 bits per heavy atom. The SMILES string of the molecule is COc1ccc(C)cc1/C(C)=N/N. The van der Waals surface area contributed by atoms with E-state index in [9.17, 15) is 0 Å². The zero-order valence-electron chi connectivity index (χ0n) is 8.16. The van der Waals surface area contributed by atoms with Crippen LogP contribution >= 0.6 is 0 Å². The van der Waals surface area contributed by atoms with E-state index in [-0.39, 0.29) is 0 Å². The average Bonchev–Trinajstić information content (AvgIpc) is 2.16. The van der Waals surface area contributed by atoms with Crippen LogP contribution in [0.1, 0.15) is 18.1 Å². The minimum Gasteiger partial charge on any atom is -0.496 e. The second-order valence-corrected chi connectivity index (χ2v) is 2.92. The Labute approximate surface area is 78.2 Å². The first-order chi connectivity index (χ1) is 6.19. The lowest BCUT2D eigenvalue weighted by Gasteiger charge is -2.07. The zero-order chi connectivity index (χ0) is 9.84. The molecule has 0 heterocycles. The normalized spacial score (nSPS) is 11.5. The second kappa shape index (κ2) is 3.94. The van der Waals surface area contributed by atoms with Gasteiger partial charge in [0.1, 0.15) is 5.75 Å². The molecule has 0 aliphatic heterocycles. The van der Waals surface area contributed by atoms with Crippen molar-refractivity contribution in [1.82, 2.24) is 0 Å². The molecule has 0 bridgehead atoms. The summed E-state index contributed by atoms with van der Waals surface area (Å²) >= 11 is 0. The van der Waals surface area contributed by atoms with Gasteiger partial charge in [0.15, 0.2) is 0 Å². The molecule has 0 saturated heterocycles. The van der Waals surface area contributed by atoms with Gasteiger partial charge in [-0.25, -0.2) is 0 Å². The number of rotatable bonds is 2. The first-order valence-electron chi connectivity index (χ1n) is 4.08. The van der Waals surface area contributed by atoms with Crippen LogP contribution < -0.4 is 10.6 Å². The van der Waals surface area contributed by atoms with E-state index in [4.69, 9.17) is 10.6 Å². The Balaban J connectivity index is 3.23. The summed E-state index contributed by atoms with van der Waals surface area (Å²) < 4.78 is 5.19. The van der Waals surface area contributed by atoms with Gasteiger partial charge in [0.25, 0.3) is 0 Å². The molecule has 0 unspecified atom stereocenters. The van der Waals surface area contributed by atoms with Crippen LogP contribution in [0.5, 0.6) is 5.75 Å². The number of nitrogens with two attached hydrogens (primary N) is 1. The lowest BCUT2D eigenvalue weighted by atomic mass is 10.1. The Bertz CT molecular complexity index is 332. The molecule has 0 aliphatic carbocycles. The van der Waals surface area contributed by atoms with E-state index >= 15 is 0 Å². The summed E-state index contributed by atoms with van der Waals surface area (Å²) in [6.45, 7) is 3.88. The third-order valence-corrected chi connectivity index (χ3v) is 1.94. The van der Waals surface area contributed by atoms with Crippen molar-refractivity contribution in [2.75, 3.05) is 7.11 Å². The molecule has 0 amide bonds. The molecular weight excluding hydrogens is 164 g/mol. The highest BCUT2D eigenvalue weighted by atomic mass is 16.5.